The van der Waals surface area contributed by atoms with Gasteiger partial charge in [-0.15, -0.1) is 0 Å². The first-order chi connectivity index (χ1) is 9.47. The number of nitrogens with one attached hydrogen (secondary N) is 1. The van der Waals surface area contributed by atoms with Crippen molar-refractivity contribution in [2.45, 2.75) is 44.9 Å². The summed E-state index contributed by atoms with van der Waals surface area (Å²) in [5.41, 5.74) is 2.15. The van der Waals surface area contributed by atoms with Crippen LogP contribution in [0.25, 0.3) is 0 Å². The number of rotatable bonds is 4. The second-order valence-corrected chi connectivity index (χ2v) is 5.17. The number of hydrogen-bond donors (Lipinski definition) is 2. The molecule has 5 heteroatoms. The molecule has 2 N–H and O–H groups in total. The average molecular weight is 277 g/mol. The molecule has 0 bridgehead atoms. The fourth-order valence-corrected chi connectivity index (χ4v) is 2.34. The molecule has 0 spiro atoms. The first-order valence-electron chi connectivity index (χ1n) is 6.72. The van der Waals surface area contributed by atoms with Crippen LogP contribution in [-0.2, 0) is 14.3 Å². The third-order valence-electron chi connectivity index (χ3n) is 3.49. The number of carbonyl (C=O) groups is 2. The fraction of sp³-hybridized carbons (Fsp3) is 0.467. The SMILES string of the molecule is Cc1cccc([C@H](C)NC(=O)[C@@H]2CC[C@H](C(=O)O)O2)c1. The highest BCUT2D eigenvalue weighted by Gasteiger charge is 2.35. The number of benzene rings is 1. The predicted molar refractivity (Wildman–Crippen MR) is 73.3 cm³/mol. The Balaban J connectivity index is 1.93. The zero-order valence-corrected chi connectivity index (χ0v) is 11.6. The maximum Gasteiger partial charge on any atom is 0.332 e. The molecule has 0 aromatic heterocycles. The van der Waals surface area contributed by atoms with Crippen LogP contribution in [0, 0.1) is 6.92 Å². The summed E-state index contributed by atoms with van der Waals surface area (Å²) < 4.78 is 5.23. The molecule has 1 heterocycles. The molecule has 1 aromatic carbocycles. The Kier molecular flexibility index (Phi) is 4.39. The van der Waals surface area contributed by atoms with Crippen LogP contribution in [-0.4, -0.2) is 29.2 Å². The van der Waals surface area contributed by atoms with Crippen molar-refractivity contribution in [2.24, 2.45) is 0 Å². The molecule has 1 aliphatic heterocycles. The Labute approximate surface area is 117 Å². The molecular weight excluding hydrogens is 258 g/mol. The molecule has 1 aliphatic rings. The molecule has 3 atom stereocenters. The standard InChI is InChI=1S/C15H19NO4/c1-9-4-3-5-11(8-9)10(2)16-14(17)12-6-7-13(20-12)15(18)19/h3-5,8,10,12-13H,6-7H2,1-2H3,(H,16,17)(H,18,19)/t10-,12-,13+/m0/s1. The van der Waals surface area contributed by atoms with Gasteiger partial charge in [0.15, 0.2) is 6.10 Å². The van der Waals surface area contributed by atoms with E-state index in [-0.39, 0.29) is 11.9 Å². The molecule has 1 aromatic rings. The second-order valence-electron chi connectivity index (χ2n) is 5.17. The number of hydrogen-bond acceptors (Lipinski definition) is 3. The van der Waals surface area contributed by atoms with Crippen LogP contribution < -0.4 is 5.32 Å². The van der Waals surface area contributed by atoms with Gasteiger partial charge in [-0.05, 0) is 32.3 Å². The van der Waals surface area contributed by atoms with E-state index in [0.717, 1.165) is 11.1 Å². The lowest BCUT2D eigenvalue weighted by atomic mass is 10.1. The van der Waals surface area contributed by atoms with Crippen molar-refractivity contribution >= 4 is 11.9 Å². The largest absolute Gasteiger partial charge is 0.479 e. The highest BCUT2D eigenvalue weighted by Crippen LogP contribution is 2.21. The van der Waals surface area contributed by atoms with E-state index in [2.05, 4.69) is 5.32 Å². The molecule has 1 fully saturated rings. The number of carboxylic acids is 1. The summed E-state index contributed by atoms with van der Waals surface area (Å²) in [6, 6.07) is 7.78. The highest BCUT2D eigenvalue weighted by molar-refractivity contribution is 5.83. The third kappa shape index (κ3) is 3.36. The van der Waals surface area contributed by atoms with E-state index in [1.165, 1.54) is 0 Å². The van der Waals surface area contributed by atoms with Gasteiger partial charge in [0.05, 0.1) is 6.04 Å². The van der Waals surface area contributed by atoms with Gasteiger partial charge in [0.2, 0.25) is 5.91 Å². The molecular formula is C15H19NO4. The van der Waals surface area contributed by atoms with Gasteiger partial charge in [-0.25, -0.2) is 4.79 Å². The van der Waals surface area contributed by atoms with Crippen molar-refractivity contribution in [1.29, 1.82) is 0 Å². The Morgan fingerprint density at radius 3 is 2.65 bits per heavy atom. The Bertz CT molecular complexity index is 514. The molecule has 1 amide bonds. The smallest absolute Gasteiger partial charge is 0.332 e. The van der Waals surface area contributed by atoms with Gasteiger partial charge in [0.1, 0.15) is 6.10 Å². The minimum Gasteiger partial charge on any atom is -0.479 e. The molecule has 108 valence electrons. The minimum absolute atomic E-state index is 0.130. The number of carbonyl (C=O) groups excluding carboxylic acids is 1. The highest BCUT2D eigenvalue weighted by atomic mass is 16.5. The van der Waals surface area contributed by atoms with E-state index in [1.807, 2.05) is 38.1 Å². The summed E-state index contributed by atoms with van der Waals surface area (Å²) in [4.78, 5) is 22.8. The lowest BCUT2D eigenvalue weighted by molar-refractivity contribution is -0.151. The van der Waals surface area contributed by atoms with Crippen LogP contribution in [0.15, 0.2) is 24.3 Å². The summed E-state index contributed by atoms with van der Waals surface area (Å²) in [5, 5.41) is 11.7. The lowest BCUT2D eigenvalue weighted by Crippen LogP contribution is -2.37. The predicted octanol–water partition coefficient (Wildman–Crippen LogP) is 1.80. The zero-order valence-electron chi connectivity index (χ0n) is 11.6. The van der Waals surface area contributed by atoms with E-state index in [0.29, 0.717) is 12.8 Å². The van der Waals surface area contributed by atoms with Crippen LogP contribution in [0.1, 0.15) is 36.9 Å². The number of amides is 1. The third-order valence-corrected chi connectivity index (χ3v) is 3.49. The molecule has 5 nitrogen and oxygen atoms in total. The van der Waals surface area contributed by atoms with Gasteiger partial charge < -0.3 is 15.2 Å². The van der Waals surface area contributed by atoms with Crippen molar-refractivity contribution in [3.8, 4) is 0 Å². The van der Waals surface area contributed by atoms with E-state index < -0.39 is 18.2 Å². The van der Waals surface area contributed by atoms with Crippen molar-refractivity contribution in [1.82, 2.24) is 5.32 Å². The summed E-state index contributed by atoms with van der Waals surface area (Å²) in [6.45, 7) is 3.89. The van der Waals surface area contributed by atoms with Gasteiger partial charge >= 0.3 is 5.97 Å². The van der Waals surface area contributed by atoms with E-state index in [4.69, 9.17) is 9.84 Å². The molecule has 0 radical (unpaired) electrons. The molecule has 0 saturated carbocycles. The van der Waals surface area contributed by atoms with Crippen molar-refractivity contribution in [2.75, 3.05) is 0 Å². The minimum atomic E-state index is -1.01. The number of carboxylic acid groups (broad SMARTS) is 1. The van der Waals surface area contributed by atoms with Crippen LogP contribution >= 0.6 is 0 Å². The van der Waals surface area contributed by atoms with Gasteiger partial charge in [-0.3, -0.25) is 4.79 Å². The Hall–Kier alpha value is -1.88. The van der Waals surface area contributed by atoms with Crippen LogP contribution in [0.5, 0.6) is 0 Å². The summed E-state index contributed by atoms with van der Waals surface area (Å²) in [5.74, 6) is -1.25. The first kappa shape index (κ1) is 14.5. The topological polar surface area (TPSA) is 75.6 Å². The van der Waals surface area contributed by atoms with Crippen LogP contribution in [0.4, 0.5) is 0 Å². The number of aliphatic carboxylic acids is 1. The Morgan fingerprint density at radius 2 is 2.05 bits per heavy atom. The van der Waals surface area contributed by atoms with E-state index in [9.17, 15) is 9.59 Å². The van der Waals surface area contributed by atoms with E-state index >= 15 is 0 Å². The molecule has 0 unspecified atom stereocenters. The molecule has 2 rings (SSSR count). The molecule has 1 saturated heterocycles. The van der Waals surface area contributed by atoms with E-state index in [1.54, 1.807) is 0 Å². The molecule has 20 heavy (non-hydrogen) atoms. The van der Waals surface area contributed by atoms with Gasteiger partial charge in [0, 0.05) is 0 Å². The summed E-state index contributed by atoms with van der Waals surface area (Å²) >= 11 is 0. The van der Waals surface area contributed by atoms with Crippen molar-refractivity contribution in [3.05, 3.63) is 35.4 Å². The monoisotopic (exact) mass is 277 g/mol. The number of ether oxygens (including phenoxy) is 1. The van der Waals surface area contributed by atoms with Crippen molar-refractivity contribution < 1.29 is 19.4 Å². The van der Waals surface area contributed by atoms with Gasteiger partial charge in [-0.1, -0.05) is 29.8 Å². The maximum atomic E-state index is 12.1. The summed E-state index contributed by atoms with van der Waals surface area (Å²) in [6.07, 6.45) is -0.696. The first-order valence-corrected chi connectivity index (χ1v) is 6.72. The van der Waals surface area contributed by atoms with Gasteiger partial charge in [-0.2, -0.15) is 0 Å². The van der Waals surface area contributed by atoms with Crippen LogP contribution in [0.3, 0.4) is 0 Å². The normalized spacial score (nSPS) is 23.3. The lowest BCUT2D eigenvalue weighted by Gasteiger charge is -2.18. The molecule has 0 aliphatic carbocycles. The van der Waals surface area contributed by atoms with Gasteiger partial charge in [0.25, 0.3) is 0 Å². The average Bonchev–Trinajstić information content (AvgIpc) is 2.88. The van der Waals surface area contributed by atoms with Crippen molar-refractivity contribution in [3.63, 3.8) is 0 Å². The quantitative estimate of drug-likeness (QED) is 0.880. The summed E-state index contributed by atoms with van der Waals surface area (Å²) in [7, 11) is 0. The fourth-order valence-electron chi connectivity index (χ4n) is 2.34. The maximum absolute atomic E-state index is 12.1. The van der Waals surface area contributed by atoms with Crippen LogP contribution in [0.2, 0.25) is 0 Å². The second kappa shape index (κ2) is 6.05. The Morgan fingerprint density at radius 1 is 1.35 bits per heavy atom. The number of aryl methyl sites for hydroxylation is 1. The zero-order chi connectivity index (χ0) is 14.7.